The Labute approximate surface area is 190 Å². The van der Waals surface area contributed by atoms with Crippen molar-refractivity contribution in [2.24, 2.45) is 0 Å². The molecule has 4 rings (SSSR count). The number of hydrogen-bond donors (Lipinski definition) is 0. The minimum Gasteiger partial charge on any atom is -0.293 e. The number of thiocarbonyl (C=S) groups is 1. The summed E-state index contributed by atoms with van der Waals surface area (Å²) in [6, 6.07) is 14.1. The molecule has 1 aliphatic rings. The van der Waals surface area contributed by atoms with E-state index in [1.54, 1.807) is 16.2 Å². The third-order valence-corrected chi connectivity index (χ3v) is 7.17. The highest BCUT2D eigenvalue weighted by molar-refractivity contribution is 8.26. The van der Waals surface area contributed by atoms with Gasteiger partial charge >= 0.3 is 0 Å². The van der Waals surface area contributed by atoms with Crippen LogP contribution in [0.5, 0.6) is 0 Å². The van der Waals surface area contributed by atoms with E-state index in [4.69, 9.17) is 17.3 Å². The average molecular weight is 454 g/mol. The quantitative estimate of drug-likeness (QED) is 0.225. The van der Waals surface area contributed by atoms with E-state index >= 15 is 0 Å². The maximum atomic E-state index is 13.0. The van der Waals surface area contributed by atoms with Gasteiger partial charge in [-0.25, -0.2) is 4.68 Å². The summed E-state index contributed by atoms with van der Waals surface area (Å²) in [6.07, 6.45) is 8.40. The number of aromatic nitrogens is 2. The Morgan fingerprint density at radius 1 is 1.10 bits per heavy atom. The Balaban J connectivity index is 1.63. The summed E-state index contributed by atoms with van der Waals surface area (Å²) in [4.78, 5) is 16.5. The van der Waals surface area contributed by atoms with Crippen LogP contribution in [0.2, 0.25) is 0 Å². The zero-order valence-corrected chi connectivity index (χ0v) is 19.2. The lowest BCUT2D eigenvalue weighted by molar-refractivity contribution is -0.122. The van der Waals surface area contributed by atoms with Crippen LogP contribution in [0.25, 0.3) is 22.3 Å². The molecule has 30 heavy (non-hydrogen) atoms. The number of rotatable bonds is 8. The van der Waals surface area contributed by atoms with E-state index in [1.165, 1.54) is 24.6 Å². The Hall–Kier alpha value is -2.22. The number of thiophene rings is 1. The number of benzene rings is 1. The van der Waals surface area contributed by atoms with Gasteiger partial charge in [0.15, 0.2) is 0 Å². The van der Waals surface area contributed by atoms with Crippen LogP contribution in [0.15, 0.2) is 58.9 Å². The number of thioether (sulfide) groups is 1. The van der Waals surface area contributed by atoms with Crippen molar-refractivity contribution in [2.75, 3.05) is 6.54 Å². The molecule has 1 aliphatic heterocycles. The minimum absolute atomic E-state index is 0.00564. The van der Waals surface area contributed by atoms with Gasteiger partial charge in [-0.3, -0.25) is 9.69 Å². The van der Waals surface area contributed by atoms with Gasteiger partial charge in [0.05, 0.1) is 15.5 Å². The third kappa shape index (κ3) is 4.58. The van der Waals surface area contributed by atoms with E-state index in [9.17, 15) is 4.79 Å². The molecule has 3 aromatic rings. The lowest BCUT2D eigenvalue weighted by Gasteiger charge is -2.13. The van der Waals surface area contributed by atoms with Crippen molar-refractivity contribution >= 4 is 51.6 Å². The molecule has 3 heterocycles. The van der Waals surface area contributed by atoms with Gasteiger partial charge < -0.3 is 0 Å². The van der Waals surface area contributed by atoms with Crippen LogP contribution in [-0.4, -0.2) is 31.5 Å². The molecule has 4 nitrogen and oxygen atoms in total. The van der Waals surface area contributed by atoms with Crippen LogP contribution in [0.1, 0.15) is 38.2 Å². The number of amides is 1. The van der Waals surface area contributed by atoms with Gasteiger partial charge in [-0.2, -0.15) is 5.10 Å². The van der Waals surface area contributed by atoms with E-state index in [0.29, 0.717) is 15.8 Å². The van der Waals surface area contributed by atoms with Crippen molar-refractivity contribution in [3.63, 3.8) is 0 Å². The summed E-state index contributed by atoms with van der Waals surface area (Å²) in [5.74, 6) is 0.00564. The van der Waals surface area contributed by atoms with Crippen LogP contribution < -0.4 is 0 Å². The maximum Gasteiger partial charge on any atom is 0.266 e. The van der Waals surface area contributed by atoms with Crippen LogP contribution in [0.4, 0.5) is 0 Å². The van der Waals surface area contributed by atoms with E-state index in [1.807, 2.05) is 58.7 Å². The second kappa shape index (κ2) is 9.73. The summed E-state index contributed by atoms with van der Waals surface area (Å²) < 4.78 is 2.52. The van der Waals surface area contributed by atoms with Gasteiger partial charge in [-0.05, 0) is 36.1 Å². The van der Waals surface area contributed by atoms with Crippen LogP contribution in [0, 0.1) is 0 Å². The fraction of sp³-hybridized carbons (Fsp3) is 0.261. The monoisotopic (exact) mass is 453 g/mol. The van der Waals surface area contributed by atoms with Crippen LogP contribution in [-0.2, 0) is 4.79 Å². The predicted molar refractivity (Wildman–Crippen MR) is 131 cm³/mol. The number of para-hydroxylation sites is 1. The third-order valence-electron chi connectivity index (χ3n) is 4.91. The molecule has 1 amide bonds. The van der Waals surface area contributed by atoms with Gasteiger partial charge in [0, 0.05) is 18.3 Å². The molecule has 0 bridgehead atoms. The maximum absolute atomic E-state index is 13.0. The van der Waals surface area contributed by atoms with Crippen LogP contribution in [0.3, 0.4) is 0 Å². The topological polar surface area (TPSA) is 38.1 Å². The van der Waals surface area contributed by atoms with Gasteiger partial charge in [-0.1, -0.05) is 74.4 Å². The van der Waals surface area contributed by atoms with Crippen molar-refractivity contribution < 1.29 is 4.79 Å². The standard InChI is InChI=1S/C23H23N3OS3/c1-2-3-4-8-13-25-22(27)20(30-23(25)28)15-17-16-26(18-10-6-5-7-11-18)24-21(17)19-12-9-14-29-19/h5-7,9-12,14-16H,2-4,8,13H2,1H3/b20-15+. The van der Waals surface area contributed by atoms with Crippen molar-refractivity contribution in [3.05, 3.63) is 64.5 Å². The number of carbonyl (C=O) groups excluding carboxylic acids is 1. The zero-order chi connectivity index (χ0) is 20.9. The molecule has 0 N–H and O–H groups in total. The van der Waals surface area contributed by atoms with Crippen molar-refractivity contribution in [1.82, 2.24) is 14.7 Å². The molecule has 0 atom stereocenters. The predicted octanol–water partition coefficient (Wildman–Crippen LogP) is 6.38. The lowest BCUT2D eigenvalue weighted by atomic mass is 10.2. The fourth-order valence-corrected chi connectivity index (χ4v) is 5.37. The summed E-state index contributed by atoms with van der Waals surface area (Å²) >= 11 is 8.52. The van der Waals surface area contributed by atoms with E-state index in [0.717, 1.165) is 34.7 Å². The molecular formula is C23H23N3OS3. The molecule has 2 aromatic heterocycles. The molecule has 0 radical (unpaired) electrons. The van der Waals surface area contributed by atoms with Crippen LogP contribution >= 0.6 is 35.3 Å². The molecule has 1 fully saturated rings. The normalized spacial score (nSPS) is 15.5. The van der Waals surface area contributed by atoms with Gasteiger partial charge in [0.25, 0.3) is 5.91 Å². The first kappa shape index (κ1) is 21.0. The lowest BCUT2D eigenvalue weighted by Crippen LogP contribution is -2.28. The Kier molecular flexibility index (Phi) is 6.82. The van der Waals surface area contributed by atoms with E-state index in [2.05, 4.69) is 13.0 Å². The molecule has 1 saturated heterocycles. The highest BCUT2D eigenvalue weighted by Crippen LogP contribution is 2.36. The highest BCUT2D eigenvalue weighted by Gasteiger charge is 2.32. The van der Waals surface area contributed by atoms with Gasteiger partial charge in [0.1, 0.15) is 10.0 Å². The van der Waals surface area contributed by atoms with Gasteiger partial charge in [0.2, 0.25) is 0 Å². The molecule has 0 saturated carbocycles. The zero-order valence-electron chi connectivity index (χ0n) is 16.8. The molecular weight excluding hydrogens is 430 g/mol. The second-order valence-electron chi connectivity index (χ2n) is 7.08. The summed E-state index contributed by atoms with van der Waals surface area (Å²) in [6.45, 7) is 2.88. The largest absolute Gasteiger partial charge is 0.293 e. The molecule has 7 heteroatoms. The summed E-state index contributed by atoms with van der Waals surface area (Å²) in [7, 11) is 0. The second-order valence-corrected chi connectivity index (χ2v) is 9.71. The van der Waals surface area contributed by atoms with Crippen molar-refractivity contribution in [2.45, 2.75) is 32.6 Å². The number of nitrogens with zero attached hydrogens (tertiary/aromatic N) is 3. The smallest absolute Gasteiger partial charge is 0.266 e. The highest BCUT2D eigenvalue weighted by atomic mass is 32.2. The summed E-state index contributed by atoms with van der Waals surface area (Å²) in [5, 5.41) is 6.85. The average Bonchev–Trinajstić information content (AvgIpc) is 3.48. The molecule has 1 aromatic carbocycles. The first-order valence-corrected chi connectivity index (χ1v) is 12.2. The number of unbranched alkanes of at least 4 members (excludes halogenated alkanes) is 3. The molecule has 154 valence electrons. The first-order chi connectivity index (χ1) is 14.7. The Bertz CT molecular complexity index is 1050. The molecule has 0 unspecified atom stereocenters. The van der Waals surface area contributed by atoms with E-state index in [-0.39, 0.29) is 5.91 Å². The fourth-order valence-electron chi connectivity index (χ4n) is 3.34. The SMILES string of the molecule is CCCCCCN1C(=O)/C(=C\c2cn(-c3ccccc3)nc2-c2cccs2)SC1=S. The minimum atomic E-state index is 0.00564. The Morgan fingerprint density at radius 3 is 2.67 bits per heavy atom. The van der Waals surface area contributed by atoms with Gasteiger partial charge in [-0.15, -0.1) is 11.3 Å². The van der Waals surface area contributed by atoms with Crippen molar-refractivity contribution in [1.29, 1.82) is 0 Å². The molecule has 0 spiro atoms. The first-order valence-electron chi connectivity index (χ1n) is 10.1. The number of carbonyl (C=O) groups is 1. The van der Waals surface area contributed by atoms with E-state index < -0.39 is 0 Å². The number of hydrogen-bond acceptors (Lipinski definition) is 5. The molecule has 0 aliphatic carbocycles. The van der Waals surface area contributed by atoms with Crippen molar-refractivity contribution in [3.8, 4) is 16.3 Å². The summed E-state index contributed by atoms with van der Waals surface area (Å²) in [5.41, 5.74) is 2.79. The Morgan fingerprint density at radius 2 is 1.93 bits per heavy atom.